The van der Waals surface area contributed by atoms with Crippen LogP contribution in [-0.4, -0.2) is 16.5 Å². The van der Waals surface area contributed by atoms with Gasteiger partial charge in [0.15, 0.2) is 0 Å². The van der Waals surface area contributed by atoms with E-state index in [9.17, 15) is 0 Å². The molecule has 1 heterocycles. The van der Waals surface area contributed by atoms with E-state index in [0.29, 0.717) is 5.41 Å². The van der Waals surface area contributed by atoms with Crippen LogP contribution in [0.1, 0.15) is 64.7 Å². The smallest absolute Gasteiger partial charge is 0.0266 e. The van der Waals surface area contributed by atoms with Gasteiger partial charge in [-0.1, -0.05) is 61.1 Å². The molecule has 0 unspecified atom stereocenters. The maximum absolute atomic E-state index is 3.75. The first kappa shape index (κ1) is 13.1. The fourth-order valence-electron chi connectivity index (χ4n) is 3.38. The number of piperidine rings is 1. The van der Waals surface area contributed by atoms with E-state index in [1.165, 1.54) is 64.3 Å². The number of halogens is 1. The highest BCUT2D eigenvalue weighted by Gasteiger charge is 2.37. The van der Waals surface area contributed by atoms with Crippen molar-refractivity contribution in [2.24, 2.45) is 5.41 Å². The van der Waals surface area contributed by atoms with Gasteiger partial charge in [0, 0.05) is 16.5 Å². The molecule has 1 aliphatic heterocycles. The summed E-state index contributed by atoms with van der Waals surface area (Å²) in [5.41, 5.74) is 0.655. The van der Waals surface area contributed by atoms with E-state index < -0.39 is 0 Å². The minimum atomic E-state index is 0.655. The van der Waals surface area contributed by atoms with Crippen LogP contribution in [0.25, 0.3) is 0 Å². The normalized spacial score (nSPS) is 36.4. The van der Waals surface area contributed by atoms with Crippen LogP contribution < -0.4 is 5.32 Å². The molecule has 94 valence electrons. The molecule has 0 amide bonds. The van der Waals surface area contributed by atoms with Crippen LogP contribution in [0, 0.1) is 5.41 Å². The highest BCUT2D eigenvalue weighted by atomic mass is 127. The minimum absolute atomic E-state index is 0.655. The standard InChI is InChI=1S/C14H26IN/c1-12-13(15)10-14(11-16-12)8-6-4-2-3-5-7-9-14/h12-13,16H,2-11H2,1H3/t12-,13-/m0/s1. The lowest BCUT2D eigenvalue weighted by Crippen LogP contribution is -2.50. The zero-order chi connectivity index (χ0) is 11.4. The summed E-state index contributed by atoms with van der Waals surface area (Å²) >= 11 is 2.66. The van der Waals surface area contributed by atoms with Crippen molar-refractivity contribution in [2.45, 2.75) is 74.7 Å². The Morgan fingerprint density at radius 3 is 2.12 bits per heavy atom. The predicted molar refractivity (Wildman–Crippen MR) is 79.3 cm³/mol. The molecule has 2 atom stereocenters. The number of hydrogen-bond acceptors (Lipinski definition) is 1. The van der Waals surface area contributed by atoms with Crippen LogP contribution in [-0.2, 0) is 0 Å². The van der Waals surface area contributed by atoms with Gasteiger partial charge in [0.25, 0.3) is 0 Å². The second kappa shape index (κ2) is 6.03. The maximum atomic E-state index is 3.75. The molecule has 1 spiro atoms. The minimum Gasteiger partial charge on any atom is -0.313 e. The van der Waals surface area contributed by atoms with Crippen LogP contribution in [0.4, 0.5) is 0 Å². The van der Waals surface area contributed by atoms with Crippen LogP contribution in [0.3, 0.4) is 0 Å². The fraction of sp³-hybridized carbons (Fsp3) is 1.00. The van der Waals surface area contributed by atoms with Crippen molar-refractivity contribution >= 4 is 22.6 Å². The Hall–Kier alpha value is 0.690. The molecule has 1 saturated carbocycles. The van der Waals surface area contributed by atoms with Crippen molar-refractivity contribution in [1.29, 1.82) is 0 Å². The van der Waals surface area contributed by atoms with E-state index in [1.54, 1.807) is 0 Å². The molecule has 0 aromatic carbocycles. The van der Waals surface area contributed by atoms with Crippen LogP contribution in [0.2, 0.25) is 0 Å². The summed E-state index contributed by atoms with van der Waals surface area (Å²) < 4.78 is 0.840. The summed E-state index contributed by atoms with van der Waals surface area (Å²) in [6.45, 7) is 3.63. The first-order chi connectivity index (χ1) is 7.72. The van der Waals surface area contributed by atoms with Gasteiger partial charge >= 0.3 is 0 Å². The SMILES string of the molecule is C[C@@H]1NCC2(CCCCCCCC2)C[C@@H]1I. The van der Waals surface area contributed by atoms with Gasteiger partial charge in [-0.05, 0) is 31.6 Å². The van der Waals surface area contributed by atoms with Crippen molar-refractivity contribution in [3.05, 3.63) is 0 Å². The van der Waals surface area contributed by atoms with Crippen molar-refractivity contribution < 1.29 is 0 Å². The van der Waals surface area contributed by atoms with Crippen molar-refractivity contribution in [3.63, 3.8) is 0 Å². The molecule has 2 heteroatoms. The molecule has 0 bridgehead atoms. The Morgan fingerprint density at radius 2 is 1.56 bits per heavy atom. The molecule has 2 fully saturated rings. The fourth-order valence-corrected chi connectivity index (χ4v) is 4.57. The number of nitrogens with one attached hydrogen (secondary N) is 1. The molecule has 0 radical (unpaired) electrons. The van der Waals surface area contributed by atoms with Gasteiger partial charge in [-0.25, -0.2) is 0 Å². The topological polar surface area (TPSA) is 12.0 Å². The molecule has 2 aliphatic rings. The highest BCUT2D eigenvalue weighted by Crippen LogP contribution is 2.41. The Labute approximate surface area is 114 Å². The Morgan fingerprint density at radius 1 is 1.00 bits per heavy atom. The second-order valence-corrected chi connectivity index (χ2v) is 7.61. The molecule has 16 heavy (non-hydrogen) atoms. The third-order valence-corrected chi connectivity index (χ3v) is 6.15. The molecule has 1 N–H and O–H groups in total. The molecular weight excluding hydrogens is 309 g/mol. The van der Waals surface area contributed by atoms with Crippen LogP contribution in [0.15, 0.2) is 0 Å². The predicted octanol–water partition coefficient (Wildman–Crippen LogP) is 4.29. The summed E-state index contributed by atoms with van der Waals surface area (Å²) in [6, 6.07) is 0.721. The van der Waals surface area contributed by atoms with Crippen molar-refractivity contribution in [3.8, 4) is 0 Å². The van der Waals surface area contributed by atoms with Gasteiger partial charge < -0.3 is 5.32 Å². The van der Waals surface area contributed by atoms with Crippen LogP contribution >= 0.6 is 22.6 Å². The average molecular weight is 335 g/mol. The lowest BCUT2D eigenvalue weighted by atomic mass is 9.72. The number of hydrogen-bond donors (Lipinski definition) is 1. The molecule has 1 aliphatic carbocycles. The largest absolute Gasteiger partial charge is 0.313 e. The monoisotopic (exact) mass is 335 g/mol. The molecule has 0 aromatic heterocycles. The third kappa shape index (κ3) is 3.34. The van der Waals surface area contributed by atoms with E-state index >= 15 is 0 Å². The lowest BCUT2D eigenvalue weighted by Gasteiger charge is -2.43. The Kier molecular flexibility index (Phi) is 4.95. The van der Waals surface area contributed by atoms with E-state index in [-0.39, 0.29) is 0 Å². The third-order valence-electron chi connectivity index (χ3n) is 4.63. The summed E-state index contributed by atoms with van der Waals surface area (Å²) in [4.78, 5) is 0. The number of alkyl halides is 1. The summed E-state index contributed by atoms with van der Waals surface area (Å²) in [7, 11) is 0. The van der Waals surface area contributed by atoms with Crippen molar-refractivity contribution in [1.82, 2.24) is 5.32 Å². The Balaban J connectivity index is 1.97. The first-order valence-corrected chi connectivity index (χ1v) is 8.34. The summed E-state index contributed by atoms with van der Waals surface area (Å²) in [6.07, 6.45) is 13.3. The van der Waals surface area contributed by atoms with Crippen molar-refractivity contribution in [2.75, 3.05) is 6.54 Å². The molecule has 0 aromatic rings. The van der Waals surface area contributed by atoms with E-state index in [2.05, 4.69) is 34.8 Å². The summed E-state index contributed by atoms with van der Waals surface area (Å²) in [5, 5.41) is 3.75. The van der Waals surface area contributed by atoms with Gasteiger partial charge in [-0.2, -0.15) is 0 Å². The van der Waals surface area contributed by atoms with Gasteiger partial charge in [0.05, 0.1) is 0 Å². The van der Waals surface area contributed by atoms with Gasteiger partial charge in [-0.15, -0.1) is 0 Å². The molecule has 1 saturated heterocycles. The molecular formula is C14H26IN. The average Bonchev–Trinajstić information content (AvgIpc) is 2.37. The van der Waals surface area contributed by atoms with Crippen LogP contribution in [0.5, 0.6) is 0 Å². The van der Waals surface area contributed by atoms with E-state index in [0.717, 1.165) is 9.97 Å². The zero-order valence-corrected chi connectivity index (χ0v) is 12.8. The summed E-state index contributed by atoms with van der Waals surface area (Å²) in [5.74, 6) is 0. The number of rotatable bonds is 0. The quantitative estimate of drug-likeness (QED) is 0.514. The first-order valence-electron chi connectivity index (χ1n) is 7.09. The Bertz CT molecular complexity index is 207. The lowest BCUT2D eigenvalue weighted by molar-refractivity contribution is 0.157. The zero-order valence-electron chi connectivity index (χ0n) is 10.6. The molecule has 1 nitrogen and oxygen atoms in total. The van der Waals surface area contributed by atoms with E-state index in [1.807, 2.05) is 0 Å². The van der Waals surface area contributed by atoms with Gasteiger partial charge in [0.1, 0.15) is 0 Å². The van der Waals surface area contributed by atoms with Gasteiger partial charge in [0.2, 0.25) is 0 Å². The van der Waals surface area contributed by atoms with Gasteiger partial charge in [-0.3, -0.25) is 0 Å². The molecule has 2 rings (SSSR count). The van der Waals surface area contributed by atoms with E-state index in [4.69, 9.17) is 0 Å². The maximum Gasteiger partial charge on any atom is 0.0266 e. The second-order valence-electron chi connectivity index (χ2n) is 6.01. The highest BCUT2D eigenvalue weighted by molar-refractivity contribution is 14.1.